The number of sulfone groups is 1. The Kier molecular flexibility index (Phi) is 4.77. The van der Waals surface area contributed by atoms with Crippen molar-refractivity contribution in [2.45, 2.75) is 38.6 Å². The van der Waals surface area contributed by atoms with Crippen LogP contribution in [0.25, 0.3) is 0 Å². The van der Waals surface area contributed by atoms with Crippen LogP contribution in [0.3, 0.4) is 0 Å². The van der Waals surface area contributed by atoms with Gasteiger partial charge >= 0.3 is 0 Å². The normalized spacial score (nSPS) is 20.8. The zero-order chi connectivity index (χ0) is 16.5. The van der Waals surface area contributed by atoms with Gasteiger partial charge in [-0.15, -0.1) is 17.9 Å². The highest BCUT2D eigenvalue weighted by molar-refractivity contribution is 7.91. The molecule has 1 saturated heterocycles. The summed E-state index contributed by atoms with van der Waals surface area (Å²) in [5.74, 6) is -0.0418. The Labute approximate surface area is 136 Å². The first-order chi connectivity index (χ1) is 10.1. The van der Waals surface area contributed by atoms with Gasteiger partial charge in [0.05, 0.1) is 16.5 Å². The number of amides is 1. The highest BCUT2D eigenvalue weighted by Crippen LogP contribution is 2.27. The summed E-state index contributed by atoms with van der Waals surface area (Å²) < 4.78 is 23.3. The maximum absolute atomic E-state index is 12.7. The van der Waals surface area contributed by atoms with Gasteiger partial charge in [0.2, 0.25) is 0 Å². The number of carbonyl (C=O) groups is 1. The summed E-state index contributed by atoms with van der Waals surface area (Å²) in [5, 5.41) is 2.65. The zero-order valence-corrected chi connectivity index (χ0v) is 14.8. The van der Waals surface area contributed by atoms with Crippen LogP contribution in [0, 0.1) is 0 Å². The topological polar surface area (TPSA) is 67.3 Å². The molecule has 1 amide bonds. The van der Waals surface area contributed by atoms with E-state index in [1.165, 1.54) is 11.3 Å². The molecular weight excluding hydrogens is 320 g/mol. The van der Waals surface area contributed by atoms with Crippen LogP contribution in [0.15, 0.2) is 18.0 Å². The Morgan fingerprint density at radius 2 is 2.23 bits per heavy atom. The van der Waals surface area contributed by atoms with Crippen LogP contribution in [0.2, 0.25) is 0 Å². The van der Waals surface area contributed by atoms with Crippen molar-refractivity contribution in [1.29, 1.82) is 0 Å². The van der Waals surface area contributed by atoms with Crippen LogP contribution in [-0.4, -0.2) is 48.3 Å². The molecule has 1 fully saturated rings. The van der Waals surface area contributed by atoms with Gasteiger partial charge in [0.1, 0.15) is 5.69 Å². The maximum Gasteiger partial charge on any atom is 0.273 e. The number of rotatable bonds is 4. The third-order valence-corrected chi connectivity index (χ3v) is 6.62. The molecule has 1 aliphatic rings. The van der Waals surface area contributed by atoms with Crippen LogP contribution in [0.4, 0.5) is 0 Å². The van der Waals surface area contributed by atoms with E-state index in [2.05, 4.69) is 11.6 Å². The van der Waals surface area contributed by atoms with Crippen molar-refractivity contribution in [3.8, 4) is 0 Å². The van der Waals surface area contributed by atoms with Gasteiger partial charge in [0, 0.05) is 23.4 Å². The molecule has 2 rings (SSSR count). The lowest BCUT2D eigenvalue weighted by molar-refractivity contribution is 0.0715. The van der Waals surface area contributed by atoms with E-state index in [4.69, 9.17) is 0 Å². The highest BCUT2D eigenvalue weighted by Gasteiger charge is 2.35. The lowest BCUT2D eigenvalue weighted by atomic mass is 9.98. The Balaban J connectivity index is 2.23. The quantitative estimate of drug-likeness (QED) is 0.787. The Bertz CT molecular complexity index is 671. The van der Waals surface area contributed by atoms with E-state index in [1.807, 2.05) is 20.8 Å². The molecule has 7 heteroatoms. The molecule has 2 heterocycles. The van der Waals surface area contributed by atoms with Crippen LogP contribution in [0.1, 0.15) is 42.7 Å². The van der Waals surface area contributed by atoms with Gasteiger partial charge < -0.3 is 4.90 Å². The maximum atomic E-state index is 12.7. The summed E-state index contributed by atoms with van der Waals surface area (Å²) >= 11 is 1.46. The fourth-order valence-electron chi connectivity index (χ4n) is 2.42. The second kappa shape index (κ2) is 6.12. The predicted octanol–water partition coefficient (Wildman–Crippen LogP) is 2.26. The first-order valence-electron chi connectivity index (χ1n) is 7.22. The van der Waals surface area contributed by atoms with E-state index in [0.717, 1.165) is 5.01 Å². The van der Waals surface area contributed by atoms with E-state index in [1.54, 1.807) is 16.4 Å². The summed E-state index contributed by atoms with van der Waals surface area (Å²) in [6, 6.07) is -0.282. The summed E-state index contributed by atoms with van der Waals surface area (Å²) in [4.78, 5) is 18.7. The Morgan fingerprint density at radius 1 is 1.55 bits per heavy atom. The van der Waals surface area contributed by atoms with Crippen molar-refractivity contribution in [2.24, 2.45) is 0 Å². The number of carbonyl (C=O) groups excluding carboxylic acids is 1. The average Bonchev–Trinajstić information content (AvgIpc) is 3.01. The van der Waals surface area contributed by atoms with Gasteiger partial charge in [0.25, 0.3) is 5.91 Å². The minimum absolute atomic E-state index is 0.0306. The first-order valence-corrected chi connectivity index (χ1v) is 9.92. The van der Waals surface area contributed by atoms with Gasteiger partial charge in [-0.3, -0.25) is 4.79 Å². The summed E-state index contributed by atoms with van der Waals surface area (Å²) in [5.41, 5.74) is 0.282. The molecule has 0 saturated carbocycles. The number of thiazole rings is 1. The van der Waals surface area contributed by atoms with Crippen LogP contribution < -0.4 is 0 Å². The number of nitrogens with zero attached hydrogens (tertiary/aromatic N) is 2. The molecule has 0 unspecified atom stereocenters. The molecular formula is C15H22N2O3S2. The van der Waals surface area contributed by atoms with Crippen molar-refractivity contribution in [1.82, 2.24) is 9.88 Å². The lowest BCUT2D eigenvalue weighted by Crippen LogP contribution is -2.41. The number of hydrogen-bond donors (Lipinski definition) is 0. The van der Waals surface area contributed by atoms with Crippen molar-refractivity contribution in [2.75, 3.05) is 18.1 Å². The molecule has 1 aliphatic heterocycles. The minimum atomic E-state index is -3.04. The second-order valence-electron chi connectivity index (χ2n) is 6.59. The molecule has 1 aromatic rings. The summed E-state index contributed by atoms with van der Waals surface area (Å²) in [6.07, 6.45) is 2.11. The zero-order valence-electron chi connectivity index (χ0n) is 13.2. The van der Waals surface area contributed by atoms with Gasteiger partial charge in [-0.2, -0.15) is 0 Å². The molecule has 0 aliphatic carbocycles. The molecule has 0 spiro atoms. The molecule has 1 aromatic heterocycles. The van der Waals surface area contributed by atoms with Gasteiger partial charge in [-0.1, -0.05) is 26.8 Å². The molecule has 122 valence electrons. The Hall–Kier alpha value is -1.21. The number of hydrogen-bond acceptors (Lipinski definition) is 5. The van der Waals surface area contributed by atoms with Crippen LogP contribution in [0.5, 0.6) is 0 Å². The van der Waals surface area contributed by atoms with Gasteiger partial charge in [-0.25, -0.2) is 13.4 Å². The van der Waals surface area contributed by atoms with Crippen molar-refractivity contribution < 1.29 is 13.2 Å². The van der Waals surface area contributed by atoms with Crippen LogP contribution in [-0.2, 0) is 15.3 Å². The van der Waals surface area contributed by atoms with E-state index in [-0.39, 0.29) is 28.9 Å². The van der Waals surface area contributed by atoms with Gasteiger partial charge in [-0.05, 0) is 6.42 Å². The fraction of sp³-hybridized carbons (Fsp3) is 0.600. The third-order valence-electron chi connectivity index (χ3n) is 3.60. The molecule has 0 N–H and O–H groups in total. The predicted molar refractivity (Wildman–Crippen MR) is 89.1 cm³/mol. The number of aromatic nitrogens is 1. The van der Waals surface area contributed by atoms with Gasteiger partial charge in [0.15, 0.2) is 9.84 Å². The second-order valence-corrected chi connectivity index (χ2v) is 9.68. The summed E-state index contributed by atoms with van der Waals surface area (Å²) in [6.45, 7) is 10.1. The summed E-state index contributed by atoms with van der Waals surface area (Å²) in [7, 11) is -3.04. The lowest BCUT2D eigenvalue weighted by Gasteiger charge is -2.26. The van der Waals surface area contributed by atoms with E-state index in [0.29, 0.717) is 18.7 Å². The molecule has 0 radical (unpaired) electrons. The van der Waals surface area contributed by atoms with Crippen molar-refractivity contribution in [3.05, 3.63) is 28.7 Å². The third kappa shape index (κ3) is 3.76. The monoisotopic (exact) mass is 342 g/mol. The van der Waals surface area contributed by atoms with E-state index < -0.39 is 9.84 Å². The van der Waals surface area contributed by atoms with Crippen molar-refractivity contribution >= 4 is 27.1 Å². The van der Waals surface area contributed by atoms with Crippen molar-refractivity contribution in [3.63, 3.8) is 0 Å². The Morgan fingerprint density at radius 3 is 2.68 bits per heavy atom. The van der Waals surface area contributed by atoms with E-state index in [9.17, 15) is 13.2 Å². The van der Waals surface area contributed by atoms with E-state index >= 15 is 0 Å². The average molecular weight is 342 g/mol. The fourth-order valence-corrected chi connectivity index (χ4v) is 5.03. The molecule has 0 aromatic carbocycles. The minimum Gasteiger partial charge on any atom is -0.330 e. The molecule has 22 heavy (non-hydrogen) atoms. The largest absolute Gasteiger partial charge is 0.330 e. The van der Waals surface area contributed by atoms with Crippen LogP contribution >= 0.6 is 11.3 Å². The smallest absolute Gasteiger partial charge is 0.273 e. The molecule has 1 atom stereocenters. The molecule has 0 bridgehead atoms. The highest BCUT2D eigenvalue weighted by atomic mass is 32.2. The SMILES string of the molecule is C=CCN(C(=O)c1csc(C(C)(C)C)n1)[C@H]1CCS(=O)(=O)C1. The standard InChI is InChI=1S/C15H22N2O3S2/c1-5-7-17(11-6-8-22(19,20)10-11)13(18)12-9-21-14(16-12)15(2,3)4/h5,9,11H,1,6-8,10H2,2-4H3/t11-/m0/s1. The molecule has 5 nitrogen and oxygen atoms in total. The first kappa shape index (κ1) is 17.1.